The number of hydrogen-bond acceptors (Lipinski definition) is 5. The third kappa shape index (κ3) is 2.34. The number of aryl methyl sites for hydroxylation is 2. The molecule has 4 heterocycles. The minimum Gasteiger partial charge on any atom is -0.507 e. The van der Waals surface area contributed by atoms with Crippen LogP contribution in [0.15, 0.2) is 43.0 Å². The summed E-state index contributed by atoms with van der Waals surface area (Å²) in [5, 5.41) is 10.2. The molecular weight excluding hydrogens is 404 g/mol. The summed E-state index contributed by atoms with van der Waals surface area (Å²) in [6.45, 7) is 3.76. The van der Waals surface area contributed by atoms with Crippen LogP contribution in [0.25, 0.3) is 0 Å². The molecule has 2 aromatic heterocycles. The first kappa shape index (κ1) is 19.2. The first-order chi connectivity index (χ1) is 14.6. The van der Waals surface area contributed by atoms with Crippen molar-refractivity contribution in [1.82, 2.24) is 27.9 Å². The number of hydrogen-bond donors (Lipinski definition) is 1. The number of fused-ring (bicyclic) bond motifs is 4. The first-order valence-corrected chi connectivity index (χ1v) is 9.90. The molecule has 3 aromatic rings. The molecule has 0 bridgehead atoms. The maximum absolute atomic E-state index is 13.0. The van der Waals surface area contributed by atoms with Gasteiger partial charge in [-0.05, 0) is 48.2 Å². The van der Waals surface area contributed by atoms with Gasteiger partial charge in [0.2, 0.25) is 0 Å². The van der Waals surface area contributed by atoms with Crippen molar-refractivity contribution in [3.63, 3.8) is 0 Å². The number of aromatic nitrogens is 6. The van der Waals surface area contributed by atoms with E-state index in [9.17, 15) is 24.3 Å². The lowest BCUT2D eigenvalue weighted by molar-refractivity contribution is 0.246. The Bertz CT molecular complexity index is 1510. The Kier molecular flexibility index (Phi) is 3.80. The molecule has 1 N–H and O–H groups in total. The predicted molar refractivity (Wildman–Crippen MR) is 111 cm³/mol. The third-order valence-corrected chi connectivity index (χ3v) is 6.42. The smallest absolute Gasteiger partial charge is 0.347 e. The highest BCUT2D eigenvalue weighted by Crippen LogP contribution is 2.40. The monoisotopic (exact) mass is 426 g/mol. The summed E-state index contributed by atoms with van der Waals surface area (Å²) in [7, 11) is 2.83. The second-order valence-electron chi connectivity index (χ2n) is 8.23. The lowest BCUT2D eigenvalue weighted by atomic mass is 9.88. The molecule has 2 aliphatic rings. The number of phenols is 1. The zero-order valence-corrected chi connectivity index (χ0v) is 17.6. The predicted octanol–water partition coefficient (Wildman–Crippen LogP) is -0.883. The number of phenolic OH excluding ortho intramolecular Hbond substituents is 1. The van der Waals surface area contributed by atoms with Crippen LogP contribution >= 0.6 is 0 Å². The van der Waals surface area contributed by atoms with Gasteiger partial charge in [0.15, 0.2) is 0 Å². The highest BCUT2D eigenvalue weighted by Gasteiger charge is 2.40. The number of aromatic hydroxyl groups is 1. The number of allylic oxidation sites excluding steroid dienone is 2. The molecular formula is C20H22N6O5. The Morgan fingerprint density at radius 3 is 2.00 bits per heavy atom. The average molecular weight is 426 g/mol. The quantitative estimate of drug-likeness (QED) is 0.507. The van der Waals surface area contributed by atoms with E-state index in [1.165, 1.54) is 32.8 Å². The Morgan fingerprint density at radius 2 is 1.39 bits per heavy atom. The summed E-state index contributed by atoms with van der Waals surface area (Å²) in [6, 6.07) is 2.29. The Morgan fingerprint density at radius 1 is 0.839 bits per heavy atom. The van der Waals surface area contributed by atoms with Crippen LogP contribution in [0.1, 0.15) is 28.8 Å². The molecule has 31 heavy (non-hydrogen) atoms. The second-order valence-corrected chi connectivity index (χ2v) is 8.23. The van der Waals surface area contributed by atoms with Gasteiger partial charge in [0, 0.05) is 14.1 Å². The summed E-state index contributed by atoms with van der Waals surface area (Å²) >= 11 is 0. The minimum absolute atomic E-state index is 0.0522. The molecule has 0 aliphatic carbocycles. The van der Waals surface area contributed by atoms with Crippen molar-refractivity contribution in [2.45, 2.75) is 39.0 Å². The fourth-order valence-corrected chi connectivity index (χ4v) is 4.82. The molecule has 11 nitrogen and oxygen atoms in total. The maximum atomic E-state index is 13.0. The van der Waals surface area contributed by atoms with Crippen LogP contribution in [-0.2, 0) is 27.2 Å². The SMILES string of the molecule is Cc1cc(C2C3=CCn4c(=O)n(C)c(=O)n4C3Cn3c(=O)n(C)c(=O)n32)cc(C)c1O. The van der Waals surface area contributed by atoms with Crippen molar-refractivity contribution in [2.24, 2.45) is 14.1 Å². The van der Waals surface area contributed by atoms with Crippen molar-refractivity contribution >= 4 is 0 Å². The van der Waals surface area contributed by atoms with E-state index in [2.05, 4.69) is 0 Å². The Hall–Kier alpha value is -3.76. The lowest BCUT2D eigenvalue weighted by Crippen LogP contribution is -2.47. The summed E-state index contributed by atoms with van der Waals surface area (Å²) in [5.41, 5.74) is 0.870. The van der Waals surface area contributed by atoms with Crippen LogP contribution in [0.3, 0.4) is 0 Å². The summed E-state index contributed by atoms with van der Waals surface area (Å²) in [6.07, 6.45) is 1.85. The van der Waals surface area contributed by atoms with E-state index in [1.54, 1.807) is 26.0 Å². The second kappa shape index (κ2) is 6.13. The summed E-state index contributed by atoms with van der Waals surface area (Å²) in [5.74, 6) is 0.166. The molecule has 0 saturated carbocycles. The summed E-state index contributed by atoms with van der Waals surface area (Å²) < 4.78 is 7.52. The van der Waals surface area contributed by atoms with E-state index in [1.807, 2.05) is 6.08 Å². The van der Waals surface area contributed by atoms with Crippen LogP contribution in [0, 0.1) is 13.8 Å². The number of benzene rings is 1. The normalized spacial score (nSPS) is 19.5. The molecule has 0 radical (unpaired) electrons. The molecule has 1 aromatic carbocycles. The van der Waals surface area contributed by atoms with Gasteiger partial charge in [-0.2, -0.15) is 0 Å². The van der Waals surface area contributed by atoms with Gasteiger partial charge in [-0.25, -0.2) is 47.0 Å². The molecule has 5 rings (SSSR count). The van der Waals surface area contributed by atoms with E-state index in [0.717, 1.165) is 14.7 Å². The van der Waals surface area contributed by atoms with E-state index >= 15 is 0 Å². The van der Waals surface area contributed by atoms with Crippen LogP contribution in [0.5, 0.6) is 5.75 Å². The van der Waals surface area contributed by atoms with Crippen molar-refractivity contribution in [3.8, 4) is 5.75 Å². The van der Waals surface area contributed by atoms with Crippen LogP contribution in [0.4, 0.5) is 0 Å². The van der Waals surface area contributed by atoms with Gasteiger partial charge in [-0.3, -0.25) is 0 Å². The van der Waals surface area contributed by atoms with Crippen LogP contribution in [-0.4, -0.2) is 33.0 Å². The van der Waals surface area contributed by atoms with E-state index in [0.29, 0.717) is 16.7 Å². The molecule has 2 unspecified atom stereocenters. The Balaban J connectivity index is 1.85. The number of rotatable bonds is 1. The van der Waals surface area contributed by atoms with Gasteiger partial charge in [0.25, 0.3) is 0 Å². The largest absolute Gasteiger partial charge is 0.507 e. The zero-order valence-electron chi connectivity index (χ0n) is 17.6. The van der Waals surface area contributed by atoms with Gasteiger partial charge in [-0.1, -0.05) is 6.08 Å². The number of nitrogens with zero attached hydrogens (tertiary/aromatic N) is 6. The van der Waals surface area contributed by atoms with E-state index in [-0.39, 0.29) is 18.8 Å². The van der Waals surface area contributed by atoms with Gasteiger partial charge in [0.1, 0.15) is 11.8 Å². The van der Waals surface area contributed by atoms with Crippen molar-refractivity contribution in [3.05, 3.63) is 82.4 Å². The summed E-state index contributed by atoms with van der Waals surface area (Å²) in [4.78, 5) is 51.1. The van der Waals surface area contributed by atoms with Gasteiger partial charge in [0.05, 0.1) is 19.1 Å². The van der Waals surface area contributed by atoms with Gasteiger partial charge < -0.3 is 5.11 Å². The highest BCUT2D eigenvalue weighted by atomic mass is 16.3. The molecule has 11 heteroatoms. The van der Waals surface area contributed by atoms with Crippen molar-refractivity contribution < 1.29 is 5.11 Å². The fourth-order valence-electron chi connectivity index (χ4n) is 4.82. The molecule has 0 saturated heterocycles. The first-order valence-electron chi connectivity index (χ1n) is 9.90. The topological polar surface area (TPSA) is 118 Å². The molecule has 0 spiro atoms. The van der Waals surface area contributed by atoms with Gasteiger partial charge in [-0.15, -0.1) is 0 Å². The van der Waals surface area contributed by atoms with Gasteiger partial charge >= 0.3 is 22.8 Å². The average Bonchev–Trinajstić information content (AvgIpc) is 3.10. The highest BCUT2D eigenvalue weighted by molar-refractivity contribution is 5.46. The molecule has 2 atom stereocenters. The molecule has 0 fully saturated rings. The van der Waals surface area contributed by atoms with E-state index in [4.69, 9.17) is 0 Å². The van der Waals surface area contributed by atoms with Crippen molar-refractivity contribution in [2.75, 3.05) is 0 Å². The minimum atomic E-state index is -0.658. The van der Waals surface area contributed by atoms with Crippen LogP contribution in [0.2, 0.25) is 0 Å². The standard InChI is InChI=1S/C20H22N6O5/c1-10-7-12(8-11(2)16(10)27)15-13-5-6-23-17(28)21(3)19(30)25(23)14(13)9-24-18(29)22(4)20(31)26(15)24/h5,7-8,14-15,27H,6,9H2,1-4H3. The molecule has 2 aliphatic heterocycles. The van der Waals surface area contributed by atoms with Crippen LogP contribution < -0.4 is 22.8 Å². The molecule has 162 valence electrons. The Labute approximate surface area is 174 Å². The zero-order chi connectivity index (χ0) is 22.4. The van der Waals surface area contributed by atoms with E-state index < -0.39 is 34.8 Å². The lowest BCUT2D eigenvalue weighted by Gasteiger charge is -2.37. The fraction of sp³-hybridized carbons (Fsp3) is 0.400. The maximum Gasteiger partial charge on any atom is 0.347 e. The third-order valence-electron chi connectivity index (χ3n) is 6.42. The molecule has 0 amide bonds. The van der Waals surface area contributed by atoms with Crippen molar-refractivity contribution in [1.29, 1.82) is 0 Å².